The number of hydrogen-bond donors (Lipinski definition) is 0. The van der Waals surface area contributed by atoms with Crippen molar-refractivity contribution in [3.05, 3.63) is 34.8 Å². The molecule has 3 aliphatic rings. The molecule has 0 radical (unpaired) electrons. The van der Waals surface area contributed by atoms with Gasteiger partial charge in [0.2, 0.25) is 0 Å². The molecule has 5 heteroatoms. The fourth-order valence-electron chi connectivity index (χ4n) is 3.63. The van der Waals surface area contributed by atoms with E-state index in [1.54, 1.807) is 20.1 Å². The van der Waals surface area contributed by atoms with Crippen molar-refractivity contribution in [3.8, 4) is 0 Å². The standard InChI is InChI=1S/C19H25NO4/c1-13-11-14(24-18(13)22)7-4-5-9-20-10-6-8-15-16(20)12-19(2,23-3)17(15)21/h7,11H,4-6,8-10,12H2,1-3H3/b14-7+. The van der Waals surface area contributed by atoms with Gasteiger partial charge >= 0.3 is 5.97 Å². The van der Waals surface area contributed by atoms with E-state index in [9.17, 15) is 9.59 Å². The minimum Gasteiger partial charge on any atom is -0.424 e. The number of ketones is 1. The van der Waals surface area contributed by atoms with Gasteiger partial charge in [0.1, 0.15) is 11.4 Å². The minimum absolute atomic E-state index is 0.158. The lowest BCUT2D eigenvalue weighted by atomic mass is 9.98. The maximum Gasteiger partial charge on any atom is 0.339 e. The number of hydrogen-bond acceptors (Lipinski definition) is 5. The number of carbonyl (C=O) groups excluding carboxylic acids is 2. The number of cyclic esters (lactones) is 1. The normalized spacial score (nSPS) is 28.5. The zero-order chi connectivity index (χ0) is 17.3. The maximum atomic E-state index is 12.5. The summed E-state index contributed by atoms with van der Waals surface area (Å²) >= 11 is 0. The van der Waals surface area contributed by atoms with Crippen LogP contribution in [0.25, 0.3) is 0 Å². The van der Waals surface area contributed by atoms with E-state index < -0.39 is 5.60 Å². The van der Waals surface area contributed by atoms with Gasteiger partial charge in [-0.1, -0.05) is 0 Å². The van der Waals surface area contributed by atoms with E-state index in [0.29, 0.717) is 17.8 Å². The molecule has 0 amide bonds. The Hall–Kier alpha value is -1.88. The van der Waals surface area contributed by atoms with Gasteiger partial charge in [0, 0.05) is 43.5 Å². The van der Waals surface area contributed by atoms with Crippen LogP contribution in [-0.4, -0.2) is 42.5 Å². The molecule has 0 saturated heterocycles. The Bertz CT molecular complexity index is 658. The van der Waals surface area contributed by atoms with Crippen molar-refractivity contribution >= 4 is 11.8 Å². The zero-order valence-electron chi connectivity index (χ0n) is 14.7. The van der Waals surface area contributed by atoms with E-state index in [1.165, 1.54) is 5.70 Å². The second kappa shape index (κ2) is 6.55. The molecule has 0 fully saturated rings. The lowest BCUT2D eigenvalue weighted by molar-refractivity contribution is -0.133. The Balaban J connectivity index is 1.57. The summed E-state index contributed by atoms with van der Waals surface area (Å²) in [6.45, 7) is 5.55. The molecule has 0 spiro atoms. The highest BCUT2D eigenvalue weighted by Gasteiger charge is 2.45. The average molecular weight is 331 g/mol. The Morgan fingerprint density at radius 2 is 2.21 bits per heavy atom. The van der Waals surface area contributed by atoms with Gasteiger partial charge in [-0.25, -0.2) is 4.79 Å². The molecule has 5 nitrogen and oxygen atoms in total. The molecule has 0 aromatic heterocycles. The van der Waals surface area contributed by atoms with Crippen LogP contribution in [-0.2, 0) is 19.1 Å². The van der Waals surface area contributed by atoms with Crippen LogP contribution in [0.15, 0.2) is 34.8 Å². The largest absolute Gasteiger partial charge is 0.424 e. The van der Waals surface area contributed by atoms with Crippen molar-refractivity contribution in [1.29, 1.82) is 0 Å². The quantitative estimate of drug-likeness (QED) is 0.573. The van der Waals surface area contributed by atoms with Gasteiger partial charge in [0.25, 0.3) is 0 Å². The molecule has 0 aromatic carbocycles. The highest BCUT2D eigenvalue weighted by Crippen LogP contribution is 2.40. The molecule has 0 bridgehead atoms. The van der Waals surface area contributed by atoms with Gasteiger partial charge in [-0.05, 0) is 51.7 Å². The summed E-state index contributed by atoms with van der Waals surface area (Å²) in [7, 11) is 1.62. The van der Waals surface area contributed by atoms with Crippen molar-refractivity contribution in [2.45, 2.75) is 51.6 Å². The first-order valence-electron chi connectivity index (χ1n) is 8.62. The predicted octanol–water partition coefficient (Wildman–Crippen LogP) is 2.88. The molecule has 2 aliphatic heterocycles. The lowest BCUT2D eigenvalue weighted by Gasteiger charge is -2.31. The highest BCUT2D eigenvalue weighted by molar-refractivity contribution is 6.05. The number of unbranched alkanes of at least 4 members (excludes halogenated alkanes) is 1. The van der Waals surface area contributed by atoms with Crippen LogP contribution >= 0.6 is 0 Å². The number of esters is 1. The zero-order valence-corrected chi connectivity index (χ0v) is 14.7. The Kier molecular flexibility index (Phi) is 4.63. The molecular formula is C19H25NO4. The first kappa shape index (κ1) is 17.0. The molecular weight excluding hydrogens is 306 g/mol. The number of carbonyl (C=O) groups is 2. The topological polar surface area (TPSA) is 55.8 Å². The molecule has 2 heterocycles. The van der Waals surface area contributed by atoms with Crippen LogP contribution < -0.4 is 0 Å². The van der Waals surface area contributed by atoms with Gasteiger partial charge in [-0.3, -0.25) is 4.79 Å². The third-order valence-electron chi connectivity index (χ3n) is 5.16. The SMILES string of the molecule is COC1(C)CC2=C(CCCN2CCC/C=C2\C=C(C)C(=O)O2)C1=O. The second-order valence-electron chi connectivity index (χ2n) is 6.92. The molecule has 130 valence electrons. The van der Waals surface area contributed by atoms with Crippen LogP contribution in [0.1, 0.15) is 46.0 Å². The summed E-state index contributed by atoms with van der Waals surface area (Å²) in [6.07, 6.45) is 8.12. The highest BCUT2D eigenvalue weighted by atomic mass is 16.5. The molecule has 3 rings (SSSR count). The van der Waals surface area contributed by atoms with E-state index in [2.05, 4.69) is 4.90 Å². The summed E-state index contributed by atoms with van der Waals surface area (Å²) < 4.78 is 10.6. The third-order valence-corrected chi connectivity index (χ3v) is 5.16. The van der Waals surface area contributed by atoms with E-state index in [0.717, 1.165) is 44.3 Å². The summed E-state index contributed by atoms with van der Waals surface area (Å²) in [5.41, 5.74) is 2.10. The van der Waals surface area contributed by atoms with E-state index in [1.807, 2.05) is 13.0 Å². The van der Waals surface area contributed by atoms with Crippen molar-refractivity contribution in [1.82, 2.24) is 4.90 Å². The molecule has 0 N–H and O–H groups in total. The Labute approximate surface area is 143 Å². The van der Waals surface area contributed by atoms with E-state index in [-0.39, 0.29) is 11.8 Å². The molecule has 0 aromatic rings. The number of ether oxygens (including phenoxy) is 2. The first-order chi connectivity index (χ1) is 11.4. The minimum atomic E-state index is -0.685. The van der Waals surface area contributed by atoms with Crippen molar-refractivity contribution in [3.63, 3.8) is 0 Å². The molecule has 1 atom stereocenters. The smallest absolute Gasteiger partial charge is 0.339 e. The predicted molar refractivity (Wildman–Crippen MR) is 90.0 cm³/mol. The van der Waals surface area contributed by atoms with Gasteiger partial charge in [0.05, 0.1) is 0 Å². The Morgan fingerprint density at radius 3 is 2.88 bits per heavy atom. The van der Waals surface area contributed by atoms with Gasteiger partial charge < -0.3 is 14.4 Å². The van der Waals surface area contributed by atoms with Gasteiger partial charge in [-0.2, -0.15) is 0 Å². The molecule has 24 heavy (non-hydrogen) atoms. The first-order valence-corrected chi connectivity index (χ1v) is 8.62. The molecule has 1 aliphatic carbocycles. The van der Waals surface area contributed by atoms with Crippen molar-refractivity contribution in [2.24, 2.45) is 0 Å². The van der Waals surface area contributed by atoms with Crippen molar-refractivity contribution < 1.29 is 19.1 Å². The summed E-state index contributed by atoms with van der Waals surface area (Å²) in [5.74, 6) is 0.555. The number of methoxy groups -OCH3 is 1. The van der Waals surface area contributed by atoms with Crippen LogP contribution in [0.3, 0.4) is 0 Å². The fraction of sp³-hybridized carbons (Fsp3) is 0.579. The summed E-state index contributed by atoms with van der Waals surface area (Å²) in [5, 5.41) is 0. The maximum absolute atomic E-state index is 12.5. The van der Waals surface area contributed by atoms with E-state index in [4.69, 9.17) is 9.47 Å². The van der Waals surface area contributed by atoms with Crippen LogP contribution in [0.4, 0.5) is 0 Å². The van der Waals surface area contributed by atoms with Crippen LogP contribution in [0.5, 0.6) is 0 Å². The number of rotatable bonds is 5. The molecule has 0 saturated carbocycles. The van der Waals surface area contributed by atoms with Crippen LogP contribution in [0, 0.1) is 0 Å². The molecule has 1 unspecified atom stereocenters. The number of allylic oxidation sites excluding steroid dienone is 2. The van der Waals surface area contributed by atoms with Gasteiger partial charge in [-0.15, -0.1) is 0 Å². The Morgan fingerprint density at radius 1 is 1.42 bits per heavy atom. The number of nitrogens with zero attached hydrogens (tertiary/aromatic N) is 1. The fourth-order valence-corrected chi connectivity index (χ4v) is 3.63. The summed E-state index contributed by atoms with van der Waals surface area (Å²) in [4.78, 5) is 26.2. The van der Waals surface area contributed by atoms with Crippen LogP contribution in [0.2, 0.25) is 0 Å². The van der Waals surface area contributed by atoms with Gasteiger partial charge in [0.15, 0.2) is 5.78 Å². The van der Waals surface area contributed by atoms with Crippen molar-refractivity contribution in [2.75, 3.05) is 20.2 Å². The average Bonchev–Trinajstić information content (AvgIpc) is 3.03. The third kappa shape index (κ3) is 3.05. The lowest BCUT2D eigenvalue weighted by Crippen LogP contribution is -2.34. The monoisotopic (exact) mass is 331 g/mol. The summed E-state index contributed by atoms with van der Waals surface area (Å²) in [6, 6.07) is 0. The number of Topliss-reactive ketones (excluding diaryl/α,β-unsaturated/α-hetero) is 1. The van der Waals surface area contributed by atoms with E-state index >= 15 is 0 Å². The second-order valence-corrected chi connectivity index (χ2v) is 6.92.